The Morgan fingerprint density at radius 2 is 2.08 bits per heavy atom. The lowest BCUT2D eigenvalue weighted by Crippen LogP contribution is -2.30. The first-order valence-electron chi connectivity index (χ1n) is 9.17. The Morgan fingerprint density at radius 1 is 1.31 bits per heavy atom. The lowest BCUT2D eigenvalue weighted by atomic mass is 9.92. The van der Waals surface area contributed by atoms with Crippen molar-refractivity contribution in [2.75, 3.05) is 16.8 Å². The lowest BCUT2D eigenvalue weighted by Gasteiger charge is -2.31. The molecule has 0 spiro atoms. The van der Waals surface area contributed by atoms with Crippen molar-refractivity contribution in [1.29, 1.82) is 0 Å². The molecule has 2 aromatic rings. The van der Waals surface area contributed by atoms with Crippen LogP contribution in [0.15, 0.2) is 11.4 Å². The van der Waals surface area contributed by atoms with E-state index in [2.05, 4.69) is 47.4 Å². The Bertz CT molecular complexity index is 807. The second-order valence-electron chi connectivity index (χ2n) is 8.31. The third kappa shape index (κ3) is 4.61. The number of amides is 1. The number of hydrogen-bond donors (Lipinski definition) is 1. The largest absolute Gasteiger partial charge is 0.363 e. The Balaban J connectivity index is 1.79. The van der Waals surface area contributed by atoms with E-state index in [4.69, 9.17) is 4.98 Å². The molecule has 2 aromatic heterocycles. The number of thiazole rings is 1. The van der Waals surface area contributed by atoms with Gasteiger partial charge in [-0.15, -0.1) is 11.3 Å². The van der Waals surface area contributed by atoms with Crippen LogP contribution in [0.25, 0.3) is 0 Å². The van der Waals surface area contributed by atoms with Crippen LogP contribution in [-0.4, -0.2) is 22.4 Å². The summed E-state index contributed by atoms with van der Waals surface area (Å²) in [7, 11) is 0. The van der Waals surface area contributed by atoms with Gasteiger partial charge in [0.25, 0.3) is 0 Å². The zero-order valence-corrected chi connectivity index (χ0v) is 17.2. The fraction of sp³-hybridized carbons (Fsp3) is 0.550. The van der Waals surface area contributed by atoms with Crippen molar-refractivity contribution in [3.05, 3.63) is 33.4 Å². The molecule has 0 saturated heterocycles. The van der Waals surface area contributed by atoms with Gasteiger partial charge in [0.15, 0.2) is 0 Å². The minimum absolute atomic E-state index is 0.0268. The molecule has 1 N–H and O–H groups in total. The molecular formula is C20H28N4OS. The molecule has 0 atom stereocenters. The van der Waals surface area contributed by atoms with Gasteiger partial charge in [-0.05, 0) is 43.7 Å². The van der Waals surface area contributed by atoms with E-state index in [1.54, 1.807) is 11.3 Å². The van der Waals surface area contributed by atoms with E-state index >= 15 is 0 Å². The van der Waals surface area contributed by atoms with Crippen LogP contribution >= 0.6 is 11.3 Å². The van der Waals surface area contributed by atoms with E-state index < -0.39 is 0 Å². The summed E-state index contributed by atoms with van der Waals surface area (Å²) in [6, 6.07) is 2.16. The predicted octanol–water partition coefficient (Wildman–Crippen LogP) is 4.48. The number of hydrogen-bond acceptors (Lipinski definition) is 5. The fourth-order valence-electron chi connectivity index (χ4n) is 3.24. The van der Waals surface area contributed by atoms with Crippen molar-refractivity contribution in [3.63, 3.8) is 0 Å². The summed E-state index contributed by atoms with van der Waals surface area (Å²) in [6.45, 7) is 12.1. The Hall–Kier alpha value is -1.95. The average molecular weight is 373 g/mol. The number of nitrogens with one attached hydrogen (secondary N) is 1. The zero-order valence-electron chi connectivity index (χ0n) is 16.3. The normalized spacial score (nSPS) is 14.3. The summed E-state index contributed by atoms with van der Waals surface area (Å²) >= 11 is 1.71. The maximum atomic E-state index is 12.3. The number of rotatable bonds is 4. The summed E-state index contributed by atoms with van der Waals surface area (Å²) in [4.78, 5) is 24.0. The quantitative estimate of drug-likeness (QED) is 0.859. The second-order valence-corrected chi connectivity index (χ2v) is 9.26. The van der Waals surface area contributed by atoms with Gasteiger partial charge in [0.05, 0.1) is 17.9 Å². The van der Waals surface area contributed by atoms with Crippen LogP contribution in [-0.2, 0) is 17.8 Å². The number of aromatic nitrogens is 2. The molecule has 1 aliphatic rings. The molecule has 0 aliphatic carbocycles. The standard InChI is InChI=1S/C20H28N4OS/c1-13-9-16-15(22-19(13)23-17(25)10-20(3,4)5)7-6-8-24(16)11-18-21-14(2)12-26-18/h9,12H,6-8,10-11H2,1-5H3,(H,22,23,25). The van der Waals surface area contributed by atoms with Crippen LogP contribution in [0.4, 0.5) is 11.5 Å². The third-order valence-corrected chi connectivity index (χ3v) is 5.34. The van der Waals surface area contributed by atoms with Crippen LogP contribution in [0.1, 0.15) is 55.6 Å². The highest BCUT2D eigenvalue weighted by atomic mass is 32.1. The van der Waals surface area contributed by atoms with Gasteiger partial charge in [-0.3, -0.25) is 4.79 Å². The van der Waals surface area contributed by atoms with Crippen molar-refractivity contribution in [2.45, 2.75) is 60.4 Å². The van der Waals surface area contributed by atoms with E-state index in [0.717, 1.165) is 47.9 Å². The molecule has 0 bridgehead atoms. The highest BCUT2D eigenvalue weighted by molar-refractivity contribution is 7.09. The first-order chi connectivity index (χ1) is 12.2. The first kappa shape index (κ1) is 18.8. The van der Waals surface area contributed by atoms with E-state index in [9.17, 15) is 4.79 Å². The van der Waals surface area contributed by atoms with E-state index in [1.165, 1.54) is 5.69 Å². The summed E-state index contributed by atoms with van der Waals surface area (Å²) < 4.78 is 0. The summed E-state index contributed by atoms with van der Waals surface area (Å²) in [6.07, 6.45) is 2.51. The summed E-state index contributed by atoms with van der Waals surface area (Å²) in [5.41, 5.74) is 4.30. The predicted molar refractivity (Wildman–Crippen MR) is 108 cm³/mol. The molecule has 140 valence electrons. The Morgan fingerprint density at radius 3 is 2.73 bits per heavy atom. The van der Waals surface area contributed by atoms with Crippen molar-refractivity contribution in [2.24, 2.45) is 5.41 Å². The zero-order chi connectivity index (χ0) is 18.9. The monoisotopic (exact) mass is 372 g/mol. The van der Waals surface area contributed by atoms with Crippen LogP contribution in [0.2, 0.25) is 0 Å². The van der Waals surface area contributed by atoms with E-state index in [1.807, 2.05) is 13.8 Å². The molecule has 0 radical (unpaired) electrons. The third-order valence-electron chi connectivity index (χ3n) is 4.39. The highest BCUT2D eigenvalue weighted by Gasteiger charge is 2.22. The van der Waals surface area contributed by atoms with Gasteiger partial charge in [-0.1, -0.05) is 20.8 Å². The molecule has 0 fully saturated rings. The number of nitrogens with zero attached hydrogens (tertiary/aromatic N) is 3. The van der Waals surface area contributed by atoms with E-state index in [-0.39, 0.29) is 11.3 Å². The number of fused-ring (bicyclic) bond motifs is 1. The second kappa shape index (κ2) is 7.35. The number of pyridine rings is 1. The smallest absolute Gasteiger partial charge is 0.226 e. The topological polar surface area (TPSA) is 58.1 Å². The van der Waals surface area contributed by atoms with Crippen molar-refractivity contribution >= 4 is 28.7 Å². The molecule has 5 nitrogen and oxygen atoms in total. The summed E-state index contributed by atoms with van der Waals surface area (Å²) in [5, 5.41) is 6.24. The Kier molecular flexibility index (Phi) is 5.32. The van der Waals surface area contributed by atoms with Gasteiger partial charge >= 0.3 is 0 Å². The molecular weight excluding hydrogens is 344 g/mol. The minimum atomic E-state index is -0.0329. The van der Waals surface area contributed by atoms with Crippen molar-refractivity contribution in [3.8, 4) is 0 Å². The Labute approximate surface area is 159 Å². The minimum Gasteiger partial charge on any atom is -0.363 e. The molecule has 0 unspecified atom stereocenters. The lowest BCUT2D eigenvalue weighted by molar-refractivity contribution is -0.117. The molecule has 6 heteroatoms. The average Bonchev–Trinajstić information content (AvgIpc) is 2.92. The fourth-order valence-corrected chi connectivity index (χ4v) is 4.03. The molecule has 3 rings (SSSR count). The van der Waals surface area contributed by atoms with Crippen LogP contribution in [0.3, 0.4) is 0 Å². The van der Waals surface area contributed by atoms with Gasteiger partial charge in [0, 0.05) is 24.0 Å². The first-order valence-corrected chi connectivity index (χ1v) is 10.1. The van der Waals surface area contributed by atoms with Gasteiger partial charge in [0.2, 0.25) is 5.91 Å². The maximum Gasteiger partial charge on any atom is 0.226 e. The highest BCUT2D eigenvalue weighted by Crippen LogP contribution is 2.31. The van der Waals surface area contributed by atoms with Crippen molar-refractivity contribution < 1.29 is 4.79 Å². The molecule has 1 aliphatic heterocycles. The SMILES string of the molecule is Cc1csc(CN2CCCc3nc(NC(=O)CC(C)(C)C)c(C)cc32)n1. The maximum absolute atomic E-state index is 12.3. The summed E-state index contributed by atoms with van der Waals surface area (Å²) in [5.74, 6) is 0.726. The molecule has 1 amide bonds. The number of aryl methyl sites for hydroxylation is 3. The van der Waals surface area contributed by atoms with E-state index in [0.29, 0.717) is 12.2 Å². The number of anilines is 2. The molecule has 0 aromatic carbocycles. The molecule has 0 saturated carbocycles. The molecule has 3 heterocycles. The van der Waals surface area contributed by atoms with Crippen molar-refractivity contribution in [1.82, 2.24) is 9.97 Å². The van der Waals surface area contributed by atoms with Gasteiger partial charge < -0.3 is 10.2 Å². The number of carbonyl (C=O) groups excluding carboxylic acids is 1. The van der Waals surface area contributed by atoms with Gasteiger partial charge in [0.1, 0.15) is 10.8 Å². The molecule has 26 heavy (non-hydrogen) atoms. The van der Waals surface area contributed by atoms with Gasteiger partial charge in [-0.2, -0.15) is 0 Å². The number of carbonyl (C=O) groups is 1. The van der Waals surface area contributed by atoms with Crippen LogP contribution < -0.4 is 10.2 Å². The van der Waals surface area contributed by atoms with Crippen LogP contribution in [0.5, 0.6) is 0 Å². The van der Waals surface area contributed by atoms with Crippen LogP contribution in [0, 0.1) is 19.3 Å². The van der Waals surface area contributed by atoms with Gasteiger partial charge in [-0.25, -0.2) is 9.97 Å².